The Morgan fingerprint density at radius 3 is 2.63 bits per heavy atom. The Morgan fingerprint density at radius 2 is 2.05 bits per heavy atom. The van der Waals surface area contributed by atoms with Gasteiger partial charge in [-0.3, -0.25) is 4.79 Å². The van der Waals surface area contributed by atoms with E-state index in [1.165, 1.54) is 4.90 Å². The summed E-state index contributed by atoms with van der Waals surface area (Å²) in [6.45, 7) is 0.437. The number of hydrogen-bond acceptors (Lipinski definition) is 3. The van der Waals surface area contributed by atoms with Crippen molar-refractivity contribution < 1.29 is 18.7 Å². The molecule has 0 bridgehead atoms. The third-order valence-corrected chi connectivity index (χ3v) is 3.41. The van der Waals surface area contributed by atoms with Gasteiger partial charge >= 0.3 is 0 Å². The van der Waals surface area contributed by atoms with Crippen molar-refractivity contribution in [2.24, 2.45) is 5.92 Å². The number of hydrogen-bond donors (Lipinski definition) is 2. The molecular formula is C13H16F2N2O2. The van der Waals surface area contributed by atoms with Crippen LogP contribution in [0.2, 0.25) is 0 Å². The van der Waals surface area contributed by atoms with Crippen LogP contribution in [0.1, 0.15) is 23.2 Å². The molecule has 4 nitrogen and oxygen atoms in total. The average Bonchev–Trinajstić information content (AvgIpc) is 2.31. The number of amides is 1. The Bertz CT molecular complexity index is 502. The van der Waals surface area contributed by atoms with Gasteiger partial charge in [0, 0.05) is 19.7 Å². The fraction of sp³-hybridized carbons (Fsp3) is 0.462. The van der Waals surface area contributed by atoms with Crippen LogP contribution < -0.4 is 5.73 Å². The number of halogens is 2. The first-order valence-electron chi connectivity index (χ1n) is 6.06. The zero-order chi connectivity index (χ0) is 14.2. The second-order valence-corrected chi connectivity index (χ2v) is 5.03. The van der Waals surface area contributed by atoms with Gasteiger partial charge in [0.1, 0.15) is 11.6 Å². The van der Waals surface area contributed by atoms with E-state index in [4.69, 9.17) is 5.73 Å². The Balaban J connectivity index is 2.08. The zero-order valence-electron chi connectivity index (χ0n) is 10.6. The van der Waals surface area contributed by atoms with Gasteiger partial charge in [-0.15, -0.1) is 0 Å². The smallest absolute Gasteiger partial charge is 0.256 e. The molecule has 0 aliphatic heterocycles. The van der Waals surface area contributed by atoms with Gasteiger partial charge in [0.15, 0.2) is 0 Å². The number of carbonyl (C=O) groups is 1. The first-order valence-corrected chi connectivity index (χ1v) is 6.06. The second kappa shape index (κ2) is 5.13. The van der Waals surface area contributed by atoms with Gasteiger partial charge in [-0.05, 0) is 24.8 Å². The molecule has 19 heavy (non-hydrogen) atoms. The first kappa shape index (κ1) is 13.7. The number of aliphatic hydroxyl groups excluding tert-OH is 1. The lowest BCUT2D eigenvalue weighted by molar-refractivity contribution is 0.0264. The normalized spacial score (nSPS) is 21.9. The molecule has 0 saturated heterocycles. The number of aliphatic hydroxyl groups is 1. The Morgan fingerprint density at radius 1 is 1.42 bits per heavy atom. The number of anilines is 1. The first-order chi connectivity index (χ1) is 8.88. The van der Waals surface area contributed by atoms with Crippen LogP contribution in [-0.4, -0.2) is 35.6 Å². The number of carbonyl (C=O) groups excluding carboxylic acids is 1. The van der Waals surface area contributed by atoms with Crippen molar-refractivity contribution in [3.05, 3.63) is 29.3 Å². The molecule has 0 unspecified atom stereocenters. The predicted octanol–water partition coefficient (Wildman–Crippen LogP) is 1.39. The Hall–Kier alpha value is -1.69. The molecule has 2 rings (SSSR count). The summed E-state index contributed by atoms with van der Waals surface area (Å²) in [6, 6.07) is 1.63. The molecular weight excluding hydrogens is 254 g/mol. The monoisotopic (exact) mass is 270 g/mol. The van der Waals surface area contributed by atoms with Crippen LogP contribution in [0.4, 0.5) is 14.5 Å². The van der Waals surface area contributed by atoms with Crippen molar-refractivity contribution in [1.29, 1.82) is 0 Å². The number of nitrogens with two attached hydrogens (primary N) is 1. The highest BCUT2D eigenvalue weighted by atomic mass is 19.1. The van der Waals surface area contributed by atoms with Crippen LogP contribution in [0, 0.1) is 17.6 Å². The molecule has 0 aromatic heterocycles. The van der Waals surface area contributed by atoms with E-state index in [9.17, 15) is 18.7 Å². The van der Waals surface area contributed by atoms with Gasteiger partial charge in [-0.25, -0.2) is 8.78 Å². The van der Waals surface area contributed by atoms with Gasteiger partial charge in [0.05, 0.1) is 17.4 Å². The molecule has 1 fully saturated rings. The molecule has 0 heterocycles. The summed E-state index contributed by atoms with van der Waals surface area (Å²) in [4.78, 5) is 13.4. The molecule has 1 amide bonds. The fourth-order valence-electron chi connectivity index (χ4n) is 2.26. The maximum atomic E-state index is 13.6. The fourth-order valence-corrected chi connectivity index (χ4v) is 2.26. The second-order valence-electron chi connectivity index (χ2n) is 5.03. The van der Waals surface area contributed by atoms with E-state index in [1.807, 2.05) is 0 Å². The molecule has 1 aromatic rings. The molecule has 1 aromatic carbocycles. The van der Waals surface area contributed by atoms with E-state index in [0.29, 0.717) is 25.5 Å². The van der Waals surface area contributed by atoms with E-state index in [1.54, 1.807) is 7.05 Å². The molecule has 104 valence electrons. The summed E-state index contributed by atoms with van der Waals surface area (Å²) < 4.78 is 26.6. The highest BCUT2D eigenvalue weighted by molar-refractivity contribution is 5.95. The van der Waals surface area contributed by atoms with Crippen LogP contribution in [0.25, 0.3) is 0 Å². The minimum absolute atomic E-state index is 0.227. The number of nitrogens with zero attached hydrogens (tertiary/aromatic N) is 1. The maximum Gasteiger partial charge on any atom is 0.256 e. The SMILES string of the molecule is CN(CC1CC(O)C1)C(=O)c1cc(N)c(F)cc1F. The van der Waals surface area contributed by atoms with Crippen LogP contribution in [0.15, 0.2) is 12.1 Å². The van der Waals surface area contributed by atoms with Gasteiger partial charge in [-0.2, -0.15) is 0 Å². The lowest BCUT2D eigenvalue weighted by Crippen LogP contribution is -2.39. The van der Waals surface area contributed by atoms with Gasteiger partial charge < -0.3 is 15.7 Å². The Labute approximate surface area is 109 Å². The van der Waals surface area contributed by atoms with E-state index in [0.717, 1.165) is 6.07 Å². The molecule has 3 N–H and O–H groups in total. The third-order valence-electron chi connectivity index (χ3n) is 3.41. The molecule has 1 aliphatic rings. The largest absolute Gasteiger partial charge is 0.396 e. The summed E-state index contributed by atoms with van der Waals surface area (Å²) in [6.07, 6.45) is 0.990. The van der Waals surface area contributed by atoms with Crippen molar-refractivity contribution in [2.45, 2.75) is 18.9 Å². The molecule has 0 spiro atoms. The molecule has 6 heteroatoms. The summed E-state index contributed by atoms with van der Waals surface area (Å²) >= 11 is 0. The van der Waals surface area contributed by atoms with Crippen molar-refractivity contribution in [3.8, 4) is 0 Å². The molecule has 1 aliphatic carbocycles. The van der Waals surface area contributed by atoms with Crippen LogP contribution in [0.5, 0.6) is 0 Å². The van der Waals surface area contributed by atoms with Crippen molar-refractivity contribution in [2.75, 3.05) is 19.3 Å². The Kier molecular flexibility index (Phi) is 3.71. The van der Waals surface area contributed by atoms with E-state index in [-0.39, 0.29) is 23.3 Å². The van der Waals surface area contributed by atoms with Gasteiger partial charge in [0.25, 0.3) is 5.91 Å². The van der Waals surface area contributed by atoms with Crippen molar-refractivity contribution in [3.63, 3.8) is 0 Å². The highest BCUT2D eigenvalue weighted by Gasteiger charge is 2.30. The van der Waals surface area contributed by atoms with Crippen LogP contribution in [0.3, 0.4) is 0 Å². The van der Waals surface area contributed by atoms with Crippen molar-refractivity contribution in [1.82, 2.24) is 4.90 Å². The van der Waals surface area contributed by atoms with E-state index in [2.05, 4.69) is 0 Å². The average molecular weight is 270 g/mol. The van der Waals surface area contributed by atoms with E-state index >= 15 is 0 Å². The quantitative estimate of drug-likeness (QED) is 0.816. The van der Waals surface area contributed by atoms with Gasteiger partial charge in [-0.1, -0.05) is 0 Å². The number of nitrogen functional groups attached to an aromatic ring is 1. The standard InChI is InChI=1S/C13H16F2N2O2/c1-17(6-7-2-8(18)3-7)13(19)9-4-12(16)11(15)5-10(9)14/h4-5,7-8,18H,2-3,6,16H2,1H3. The van der Waals surface area contributed by atoms with Crippen LogP contribution >= 0.6 is 0 Å². The summed E-state index contributed by atoms with van der Waals surface area (Å²) in [5.41, 5.74) is 4.85. The van der Waals surface area contributed by atoms with E-state index < -0.39 is 17.5 Å². The molecule has 1 saturated carbocycles. The molecule has 0 radical (unpaired) electrons. The van der Waals surface area contributed by atoms with Crippen LogP contribution in [-0.2, 0) is 0 Å². The lowest BCUT2D eigenvalue weighted by Gasteiger charge is -2.34. The predicted molar refractivity (Wildman–Crippen MR) is 66.5 cm³/mol. The topological polar surface area (TPSA) is 66.6 Å². The minimum Gasteiger partial charge on any atom is -0.396 e. The summed E-state index contributed by atoms with van der Waals surface area (Å²) in [5, 5.41) is 9.18. The van der Waals surface area contributed by atoms with Gasteiger partial charge in [0.2, 0.25) is 0 Å². The lowest BCUT2D eigenvalue weighted by atomic mass is 9.82. The zero-order valence-corrected chi connectivity index (χ0v) is 10.6. The minimum atomic E-state index is -0.919. The van der Waals surface area contributed by atoms with Crippen molar-refractivity contribution >= 4 is 11.6 Å². The summed E-state index contributed by atoms with van der Waals surface area (Å²) in [5.74, 6) is -2.11. The summed E-state index contributed by atoms with van der Waals surface area (Å²) in [7, 11) is 1.55. The molecule has 0 atom stereocenters. The highest BCUT2D eigenvalue weighted by Crippen LogP contribution is 2.28. The number of rotatable bonds is 3. The third kappa shape index (κ3) is 2.84. The number of benzene rings is 1. The maximum absolute atomic E-state index is 13.6.